The van der Waals surface area contributed by atoms with Gasteiger partial charge in [0.15, 0.2) is 0 Å². The third-order valence-corrected chi connectivity index (χ3v) is 3.57. The summed E-state index contributed by atoms with van der Waals surface area (Å²) in [6, 6.07) is 10.3. The Bertz CT molecular complexity index is 804. The van der Waals surface area contributed by atoms with Gasteiger partial charge in [0.05, 0.1) is 17.9 Å². The van der Waals surface area contributed by atoms with Crippen molar-refractivity contribution in [2.75, 3.05) is 11.9 Å². The van der Waals surface area contributed by atoms with Crippen molar-refractivity contribution in [2.45, 2.75) is 19.5 Å². The SMILES string of the molecule is CCCOc1ccccc1/C=C/C(=O)Nc1ccc(Cl)cc1C(F)(F)F. The van der Waals surface area contributed by atoms with E-state index in [2.05, 4.69) is 5.32 Å². The zero-order chi connectivity index (χ0) is 19.2. The number of nitrogens with one attached hydrogen (secondary N) is 1. The second kappa shape index (κ2) is 8.76. The average Bonchev–Trinajstić information content (AvgIpc) is 2.59. The third-order valence-electron chi connectivity index (χ3n) is 3.34. The number of rotatable bonds is 6. The molecule has 1 amide bonds. The van der Waals surface area contributed by atoms with Crippen LogP contribution in [0.25, 0.3) is 6.08 Å². The number of carbonyl (C=O) groups is 1. The average molecular weight is 384 g/mol. The lowest BCUT2D eigenvalue weighted by Gasteiger charge is -2.13. The molecule has 26 heavy (non-hydrogen) atoms. The number of hydrogen-bond donors (Lipinski definition) is 1. The molecule has 0 aliphatic heterocycles. The van der Waals surface area contributed by atoms with Gasteiger partial charge >= 0.3 is 6.18 Å². The number of carbonyl (C=O) groups excluding carboxylic acids is 1. The van der Waals surface area contributed by atoms with Crippen molar-refractivity contribution in [3.63, 3.8) is 0 Å². The van der Waals surface area contributed by atoms with Crippen molar-refractivity contribution >= 4 is 29.3 Å². The quantitative estimate of drug-likeness (QED) is 0.640. The molecule has 2 rings (SSSR count). The summed E-state index contributed by atoms with van der Waals surface area (Å²) in [7, 11) is 0. The molecule has 0 radical (unpaired) electrons. The fourth-order valence-corrected chi connectivity index (χ4v) is 2.33. The highest BCUT2D eigenvalue weighted by Gasteiger charge is 2.34. The molecule has 0 atom stereocenters. The Balaban J connectivity index is 2.16. The van der Waals surface area contributed by atoms with Gasteiger partial charge in [-0.15, -0.1) is 0 Å². The fraction of sp³-hybridized carbons (Fsp3) is 0.211. The molecule has 0 aliphatic carbocycles. The Kier molecular flexibility index (Phi) is 6.69. The van der Waals surface area contributed by atoms with Gasteiger partial charge in [-0.05, 0) is 36.8 Å². The van der Waals surface area contributed by atoms with E-state index in [4.69, 9.17) is 16.3 Å². The summed E-state index contributed by atoms with van der Waals surface area (Å²) in [6.45, 7) is 2.49. The minimum atomic E-state index is -4.63. The number of amides is 1. The Labute approximate surface area is 154 Å². The van der Waals surface area contributed by atoms with Gasteiger partial charge in [-0.1, -0.05) is 36.7 Å². The number of ether oxygens (including phenoxy) is 1. The van der Waals surface area contributed by atoms with Gasteiger partial charge in [0.1, 0.15) is 5.75 Å². The van der Waals surface area contributed by atoms with Crippen molar-refractivity contribution < 1.29 is 22.7 Å². The van der Waals surface area contributed by atoms with Crippen LogP contribution in [0.3, 0.4) is 0 Å². The van der Waals surface area contributed by atoms with Crippen LogP contribution < -0.4 is 10.1 Å². The van der Waals surface area contributed by atoms with Crippen LogP contribution in [-0.4, -0.2) is 12.5 Å². The second-order valence-corrected chi connectivity index (χ2v) is 5.83. The summed E-state index contributed by atoms with van der Waals surface area (Å²) in [5.74, 6) is -0.0935. The molecule has 0 saturated heterocycles. The van der Waals surface area contributed by atoms with E-state index in [1.54, 1.807) is 24.3 Å². The van der Waals surface area contributed by atoms with Gasteiger partial charge in [-0.25, -0.2) is 0 Å². The van der Waals surface area contributed by atoms with Gasteiger partial charge in [-0.3, -0.25) is 4.79 Å². The molecule has 0 fully saturated rings. The highest BCUT2D eigenvalue weighted by atomic mass is 35.5. The van der Waals surface area contributed by atoms with E-state index in [-0.39, 0.29) is 10.7 Å². The normalized spacial score (nSPS) is 11.6. The predicted octanol–water partition coefficient (Wildman–Crippen LogP) is 5.80. The summed E-state index contributed by atoms with van der Waals surface area (Å²) in [5, 5.41) is 2.17. The number of para-hydroxylation sites is 1. The third kappa shape index (κ3) is 5.52. The molecule has 138 valence electrons. The standard InChI is InChI=1S/C19H17ClF3NO2/c1-2-11-26-17-6-4-3-5-13(17)7-10-18(25)24-16-9-8-14(20)12-15(16)19(21,22)23/h3-10,12H,2,11H2,1H3,(H,24,25)/b10-7+. The lowest BCUT2D eigenvalue weighted by molar-refractivity contribution is -0.136. The molecule has 0 spiro atoms. The summed E-state index contributed by atoms with van der Waals surface area (Å²) in [6.07, 6.45) is -1.15. The van der Waals surface area contributed by atoms with Crippen molar-refractivity contribution in [3.8, 4) is 5.75 Å². The van der Waals surface area contributed by atoms with Crippen LogP contribution in [0, 0.1) is 0 Å². The summed E-state index contributed by atoms with van der Waals surface area (Å²) >= 11 is 5.62. The van der Waals surface area contributed by atoms with Crippen molar-refractivity contribution in [1.82, 2.24) is 0 Å². The smallest absolute Gasteiger partial charge is 0.418 e. The van der Waals surface area contributed by atoms with E-state index in [0.717, 1.165) is 24.6 Å². The summed E-state index contributed by atoms with van der Waals surface area (Å²) < 4.78 is 44.7. The maximum atomic E-state index is 13.1. The fourth-order valence-electron chi connectivity index (χ4n) is 2.16. The molecule has 0 unspecified atom stereocenters. The van der Waals surface area contributed by atoms with Gasteiger partial charge in [-0.2, -0.15) is 13.2 Å². The molecule has 7 heteroatoms. The van der Waals surface area contributed by atoms with Crippen LogP contribution in [0.1, 0.15) is 24.5 Å². The number of alkyl halides is 3. The molecule has 0 aromatic heterocycles. The van der Waals surface area contributed by atoms with Crippen LogP contribution in [0.15, 0.2) is 48.5 Å². The van der Waals surface area contributed by atoms with Crippen LogP contribution >= 0.6 is 11.6 Å². The zero-order valence-corrected chi connectivity index (χ0v) is 14.7. The molecule has 3 nitrogen and oxygen atoms in total. The van der Waals surface area contributed by atoms with Crippen molar-refractivity contribution in [2.24, 2.45) is 0 Å². The highest BCUT2D eigenvalue weighted by molar-refractivity contribution is 6.30. The number of benzene rings is 2. The summed E-state index contributed by atoms with van der Waals surface area (Å²) in [5.41, 5.74) is -0.700. The molecule has 2 aromatic carbocycles. The van der Waals surface area contributed by atoms with E-state index < -0.39 is 17.6 Å². The monoisotopic (exact) mass is 383 g/mol. The van der Waals surface area contributed by atoms with E-state index in [1.807, 2.05) is 6.92 Å². The van der Waals surface area contributed by atoms with E-state index in [0.29, 0.717) is 17.9 Å². The van der Waals surface area contributed by atoms with E-state index in [1.165, 1.54) is 12.1 Å². The van der Waals surface area contributed by atoms with Gasteiger partial charge < -0.3 is 10.1 Å². The van der Waals surface area contributed by atoms with Crippen LogP contribution in [0.4, 0.5) is 18.9 Å². The Morgan fingerprint density at radius 3 is 2.65 bits per heavy atom. The zero-order valence-electron chi connectivity index (χ0n) is 13.9. The lowest BCUT2D eigenvalue weighted by atomic mass is 10.1. The van der Waals surface area contributed by atoms with Crippen molar-refractivity contribution in [1.29, 1.82) is 0 Å². The molecule has 0 saturated carbocycles. The van der Waals surface area contributed by atoms with Crippen molar-refractivity contribution in [3.05, 3.63) is 64.7 Å². The first-order chi connectivity index (χ1) is 12.3. The molecule has 0 bridgehead atoms. The van der Waals surface area contributed by atoms with E-state index >= 15 is 0 Å². The topological polar surface area (TPSA) is 38.3 Å². The van der Waals surface area contributed by atoms with Crippen LogP contribution in [0.2, 0.25) is 5.02 Å². The van der Waals surface area contributed by atoms with Crippen LogP contribution in [-0.2, 0) is 11.0 Å². The number of hydrogen-bond acceptors (Lipinski definition) is 2. The Morgan fingerprint density at radius 2 is 1.96 bits per heavy atom. The van der Waals surface area contributed by atoms with E-state index in [9.17, 15) is 18.0 Å². The summed E-state index contributed by atoms with van der Waals surface area (Å²) in [4.78, 5) is 12.0. The largest absolute Gasteiger partial charge is 0.493 e. The molecule has 0 heterocycles. The number of halogens is 4. The number of anilines is 1. The van der Waals surface area contributed by atoms with Gasteiger partial charge in [0, 0.05) is 16.7 Å². The molecular weight excluding hydrogens is 367 g/mol. The molecular formula is C19H17ClF3NO2. The van der Waals surface area contributed by atoms with Crippen LogP contribution in [0.5, 0.6) is 5.75 Å². The van der Waals surface area contributed by atoms with Gasteiger partial charge in [0.25, 0.3) is 0 Å². The maximum Gasteiger partial charge on any atom is 0.418 e. The Hall–Kier alpha value is -2.47. The highest BCUT2D eigenvalue weighted by Crippen LogP contribution is 2.36. The van der Waals surface area contributed by atoms with Gasteiger partial charge in [0.2, 0.25) is 5.91 Å². The first-order valence-corrected chi connectivity index (χ1v) is 8.26. The lowest BCUT2D eigenvalue weighted by Crippen LogP contribution is -2.14. The second-order valence-electron chi connectivity index (χ2n) is 5.40. The first kappa shape index (κ1) is 19.8. The molecule has 1 N–H and O–H groups in total. The minimum Gasteiger partial charge on any atom is -0.493 e. The molecule has 0 aliphatic rings. The Morgan fingerprint density at radius 1 is 1.23 bits per heavy atom. The first-order valence-electron chi connectivity index (χ1n) is 7.89. The maximum absolute atomic E-state index is 13.1. The minimum absolute atomic E-state index is 0.0622. The molecule has 2 aromatic rings. The predicted molar refractivity (Wildman–Crippen MR) is 96.3 cm³/mol.